The average molecular weight is 413 g/mol. The summed E-state index contributed by atoms with van der Waals surface area (Å²) >= 11 is 0. The minimum atomic E-state index is -1.10. The molecule has 0 saturated carbocycles. The Morgan fingerprint density at radius 1 is 1.03 bits per heavy atom. The van der Waals surface area contributed by atoms with E-state index in [4.69, 9.17) is 4.74 Å². The number of hydrogen-bond donors (Lipinski definition) is 2. The van der Waals surface area contributed by atoms with Crippen LogP contribution in [0.15, 0.2) is 42.7 Å². The zero-order chi connectivity index (χ0) is 21.5. The number of aliphatic carboxylic acids is 2. The molecule has 2 aromatic rings. The van der Waals surface area contributed by atoms with Gasteiger partial charge in [0.05, 0.1) is 29.7 Å². The molecular formula is C21H23N3O6. The van der Waals surface area contributed by atoms with E-state index in [9.17, 15) is 24.6 Å². The summed E-state index contributed by atoms with van der Waals surface area (Å²) in [5.41, 5.74) is 1.14. The molecular weight excluding hydrogens is 390 g/mol. The molecule has 30 heavy (non-hydrogen) atoms. The number of benzene rings is 1. The number of carboxylic acids is 2. The quantitative estimate of drug-likeness (QED) is 0.784. The first-order valence-electron chi connectivity index (χ1n) is 9.63. The predicted octanol–water partition coefficient (Wildman–Crippen LogP) is 2.39. The van der Waals surface area contributed by atoms with Crippen molar-refractivity contribution in [3.8, 4) is 5.75 Å². The van der Waals surface area contributed by atoms with Crippen molar-refractivity contribution >= 4 is 29.2 Å². The number of carboxylic acid groups (broad SMARTS) is 2. The van der Waals surface area contributed by atoms with Crippen molar-refractivity contribution in [2.75, 3.05) is 31.1 Å². The fourth-order valence-electron chi connectivity index (χ4n) is 3.31. The largest absolute Gasteiger partial charge is 0.491 e. The second kappa shape index (κ2) is 9.73. The topological polar surface area (TPSA) is 120 Å². The Labute approximate surface area is 173 Å². The van der Waals surface area contributed by atoms with E-state index in [1.165, 1.54) is 28.3 Å². The van der Waals surface area contributed by atoms with Crippen molar-refractivity contribution in [1.29, 1.82) is 0 Å². The van der Waals surface area contributed by atoms with E-state index in [2.05, 4.69) is 4.98 Å². The lowest BCUT2D eigenvalue weighted by Gasteiger charge is -2.26. The van der Waals surface area contributed by atoms with Crippen LogP contribution in [-0.4, -0.2) is 64.2 Å². The van der Waals surface area contributed by atoms with E-state index < -0.39 is 24.4 Å². The van der Waals surface area contributed by atoms with Crippen LogP contribution in [-0.2, 0) is 9.59 Å². The van der Waals surface area contributed by atoms with Crippen molar-refractivity contribution < 1.29 is 29.3 Å². The minimum absolute atomic E-state index is 0.194. The average Bonchev–Trinajstić information content (AvgIpc) is 2.72. The zero-order valence-corrected chi connectivity index (χ0v) is 16.4. The third-order valence-corrected chi connectivity index (χ3v) is 4.68. The number of hydrogen-bond acceptors (Lipinski definition) is 6. The van der Waals surface area contributed by atoms with Crippen LogP contribution >= 0.6 is 0 Å². The summed E-state index contributed by atoms with van der Waals surface area (Å²) in [6.07, 6.45) is 4.93. The standard InChI is InChI=1S/C21H23N3O6/c25-19(26)13-23-8-4-1-5-9-30-18-7-3-2-6-17(18)24(14-20(27)28)16-10-15(21(23)29)11-22-12-16/h2-3,6-7,10-12H,1,4-5,8-9,13-14H2,(H,25,26)(H,27,28). The van der Waals surface area contributed by atoms with Gasteiger partial charge in [-0.1, -0.05) is 12.1 Å². The molecule has 1 aromatic heterocycles. The number of carbonyl (C=O) groups is 3. The van der Waals surface area contributed by atoms with Crippen LogP contribution in [0.5, 0.6) is 5.75 Å². The van der Waals surface area contributed by atoms with Gasteiger partial charge in [0.15, 0.2) is 0 Å². The van der Waals surface area contributed by atoms with Crippen LogP contribution < -0.4 is 9.64 Å². The van der Waals surface area contributed by atoms with Crippen molar-refractivity contribution in [1.82, 2.24) is 9.88 Å². The van der Waals surface area contributed by atoms with Crippen LogP contribution in [0.3, 0.4) is 0 Å². The van der Waals surface area contributed by atoms with Gasteiger partial charge in [-0.2, -0.15) is 0 Å². The summed E-state index contributed by atoms with van der Waals surface area (Å²) in [6.45, 7) is -0.0619. The highest BCUT2D eigenvalue weighted by Crippen LogP contribution is 2.34. The number of para-hydroxylation sites is 2. The number of carbonyl (C=O) groups excluding carboxylic acids is 1. The number of amides is 1. The van der Waals surface area contributed by atoms with Gasteiger partial charge in [0.2, 0.25) is 0 Å². The molecule has 158 valence electrons. The highest BCUT2D eigenvalue weighted by molar-refractivity contribution is 5.96. The molecule has 3 rings (SSSR count). The normalized spacial score (nSPS) is 15.0. The predicted molar refractivity (Wildman–Crippen MR) is 108 cm³/mol. The van der Waals surface area contributed by atoms with Gasteiger partial charge in [-0.25, -0.2) is 0 Å². The second-order valence-corrected chi connectivity index (χ2v) is 6.91. The first kappa shape index (κ1) is 21.1. The summed E-state index contributed by atoms with van der Waals surface area (Å²) in [4.78, 5) is 42.6. The maximum atomic E-state index is 13.0. The number of pyridine rings is 1. The molecule has 0 saturated heterocycles. The highest BCUT2D eigenvalue weighted by Gasteiger charge is 2.22. The van der Waals surface area contributed by atoms with Crippen molar-refractivity contribution in [2.45, 2.75) is 19.3 Å². The van der Waals surface area contributed by atoms with Gasteiger partial charge in [0, 0.05) is 12.7 Å². The van der Waals surface area contributed by atoms with E-state index >= 15 is 0 Å². The van der Waals surface area contributed by atoms with Gasteiger partial charge in [-0.05, 0) is 37.5 Å². The Bertz CT molecular complexity index is 932. The summed E-state index contributed by atoms with van der Waals surface area (Å²) in [7, 11) is 0. The molecule has 0 spiro atoms. The Kier molecular flexibility index (Phi) is 6.84. The number of aromatic nitrogens is 1. The highest BCUT2D eigenvalue weighted by atomic mass is 16.5. The fourth-order valence-corrected chi connectivity index (χ4v) is 3.31. The molecule has 0 fully saturated rings. The van der Waals surface area contributed by atoms with Gasteiger partial charge >= 0.3 is 11.9 Å². The van der Waals surface area contributed by atoms with E-state index in [1.807, 2.05) is 6.07 Å². The molecule has 1 amide bonds. The molecule has 0 unspecified atom stereocenters. The number of fused-ring (bicyclic) bond motifs is 3. The molecule has 2 N–H and O–H groups in total. The number of anilines is 2. The first-order chi connectivity index (χ1) is 14.5. The van der Waals surface area contributed by atoms with Gasteiger partial charge < -0.3 is 24.7 Å². The maximum Gasteiger partial charge on any atom is 0.323 e. The van der Waals surface area contributed by atoms with Crippen molar-refractivity contribution in [3.63, 3.8) is 0 Å². The van der Waals surface area contributed by atoms with E-state index in [1.54, 1.807) is 18.2 Å². The summed E-state index contributed by atoms with van der Waals surface area (Å²) < 4.78 is 5.90. The number of rotatable bonds is 4. The van der Waals surface area contributed by atoms with Crippen LogP contribution in [0.25, 0.3) is 0 Å². The monoisotopic (exact) mass is 413 g/mol. The molecule has 9 heteroatoms. The SMILES string of the molecule is O=C(O)CN1CCCCCOc2ccccc2N(CC(=O)O)c2cncc(c2)C1=O. The summed E-state index contributed by atoms with van der Waals surface area (Å²) in [6, 6.07) is 8.62. The smallest absolute Gasteiger partial charge is 0.323 e. The Hall–Kier alpha value is -3.62. The summed E-state index contributed by atoms with van der Waals surface area (Å²) in [5.74, 6) is -2.07. The summed E-state index contributed by atoms with van der Waals surface area (Å²) in [5, 5.41) is 18.6. The maximum absolute atomic E-state index is 13.0. The molecule has 0 atom stereocenters. The molecule has 0 radical (unpaired) electrons. The van der Waals surface area contributed by atoms with Crippen LogP contribution in [0.2, 0.25) is 0 Å². The van der Waals surface area contributed by atoms with E-state index in [-0.39, 0.29) is 12.1 Å². The molecule has 2 heterocycles. The lowest BCUT2D eigenvalue weighted by Crippen LogP contribution is -2.36. The van der Waals surface area contributed by atoms with E-state index in [0.717, 1.165) is 12.8 Å². The third kappa shape index (κ3) is 5.25. The first-order valence-corrected chi connectivity index (χ1v) is 9.63. The number of nitrogens with zero attached hydrogens (tertiary/aromatic N) is 3. The molecule has 1 aromatic carbocycles. The van der Waals surface area contributed by atoms with E-state index in [0.29, 0.717) is 36.7 Å². The molecule has 0 aliphatic carbocycles. The zero-order valence-electron chi connectivity index (χ0n) is 16.4. The van der Waals surface area contributed by atoms with Crippen LogP contribution in [0.1, 0.15) is 29.6 Å². The van der Waals surface area contributed by atoms with Crippen LogP contribution in [0, 0.1) is 0 Å². The van der Waals surface area contributed by atoms with Gasteiger partial charge in [0.25, 0.3) is 5.91 Å². The van der Waals surface area contributed by atoms with Gasteiger partial charge in [-0.3, -0.25) is 19.4 Å². The second-order valence-electron chi connectivity index (χ2n) is 6.91. The molecule has 1 aliphatic heterocycles. The van der Waals surface area contributed by atoms with Gasteiger partial charge in [-0.15, -0.1) is 0 Å². The third-order valence-electron chi connectivity index (χ3n) is 4.68. The van der Waals surface area contributed by atoms with Crippen molar-refractivity contribution in [2.24, 2.45) is 0 Å². The minimum Gasteiger partial charge on any atom is -0.491 e. The fraction of sp³-hybridized carbons (Fsp3) is 0.333. The lowest BCUT2D eigenvalue weighted by atomic mass is 10.1. The lowest BCUT2D eigenvalue weighted by molar-refractivity contribution is -0.138. The Balaban J connectivity index is 2.07. The number of ether oxygens (including phenoxy) is 1. The molecule has 2 bridgehead atoms. The van der Waals surface area contributed by atoms with Gasteiger partial charge in [0.1, 0.15) is 18.8 Å². The molecule has 1 aliphatic rings. The van der Waals surface area contributed by atoms with Crippen molar-refractivity contribution in [3.05, 3.63) is 48.3 Å². The Morgan fingerprint density at radius 3 is 2.57 bits per heavy atom. The van der Waals surface area contributed by atoms with Crippen LogP contribution in [0.4, 0.5) is 11.4 Å². The Morgan fingerprint density at radius 2 is 1.80 bits per heavy atom. The molecule has 9 nitrogen and oxygen atoms in total.